The first-order chi connectivity index (χ1) is 13.0. The second-order valence-corrected chi connectivity index (χ2v) is 6.30. The molecule has 0 saturated heterocycles. The minimum Gasteiger partial charge on any atom is -0.383 e. The molecule has 0 unspecified atom stereocenters. The number of anilines is 1. The zero-order valence-corrected chi connectivity index (χ0v) is 14.2. The van der Waals surface area contributed by atoms with Crippen LogP contribution in [0.1, 0.15) is 23.2 Å². The number of aromatic amines is 2. The Morgan fingerprint density at radius 2 is 2.04 bits per heavy atom. The average Bonchev–Trinajstić information content (AvgIpc) is 2.66. The number of nitrogens with one attached hydrogen (secondary N) is 3. The molecule has 1 aliphatic heterocycles. The van der Waals surface area contributed by atoms with Gasteiger partial charge in [-0.1, -0.05) is 6.07 Å². The van der Waals surface area contributed by atoms with E-state index < -0.39 is 17.1 Å². The normalized spacial score (nSPS) is 13.1. The van der Waals surface area contributed by atoms with Crippen molar-refractivity contribution in [2.75, 3.05) is 11.9 Å². The van der Waals surface area contributed by atoms with Crippen molar-refractivity contribution in [1.29, 1.82) is 0 Å². The summed E-state index contributed by atoms with van der Waals surface area (Å²) in [7, 11) is 0. The van der Waals surface area contributed by atoms with Crippen LogP contribution in [0, 0.1) is 5.82 Å². The fourth-order valence-corrected chi connectivity index (χ4v) is 3.27. The molecule has 138 valence electrons. The second kappa shape index (κ2) is 6.67. The number of aromatic nitrogens is 4. The summed E-state index contributed by atoms with van der Waals surface area (Å²) >= 11 is 0. The predicted octanol–water partition coefficient (Wildman–Crippen LogP) is 0.697. The van der Waals surface area contributed by atoms with Gasteiger partial charge in [0, 0.05) is 30.8 Å². The number of nitrogens with zero attached hydrogens (tertiary/aromatic N) is 2. The molecule has 8 nitrogen and oxygen atoms in total. The van der Waals surface area contributed by atoms with Crippen LogP contribution in [0.2, 0.25) is 0 Å². The molecule has 1 aromatic carbocycles. The fourth-order valence-electron chi connectivity index (χ4n) is 3.27. The maximum absolute atomic E-state index is 14.3. The molecule has 0 aliphatic carbocycles. The number of H-pyrrole nitrogens is 2. The van der Waals surface area contributed by atoms with Gasteiger partial charge in [-0.05, 0) is 30.5 Å². The molecule has 3 aromatic rings. The van der Waals surface area contributed by atoms with Crippen LogP contribution in [-0.4, -0.2) is 26.3 Å². The Kier molecular flexibility index (Phi) is 4.19. The summed E-state index contributed by atoms with van der Waals surface area (Å²) in [6, 6.07) is 5.35. The van der Waals surface area contributed by atoms with Crippen molar-refractivity contribution in [3.63, 3.8) is 0 Å². The molecular formula is C18H16FN5O3. The Labute approximate surface area is 151 Å². The van der Waals surface area contributed by atoms with Gasteiger partial charge in [-0.2, -0.15) is 5.10 Å². The SMILES string of the molecule is O=c1[nH]nc(Cc2ccc(F)c(-n3c(=O)cc[nH]c3=O)c2)c2c1CCCN2. The van der Waals surface area contributed by atoms with Crippen LogP contribution < -0.4 is 22.1 Å². The van der Waals surface area contributed by atoms with Gasteiger partial charge in [-0.3, -0.25) is 9.59 Å². The standard InChI is InChI=1S/C18H16FN5O3/c19-12-4-3-10(9-14(12)24-15(25)5-7-21-18(24)27)8-13-16-11(2-1-6-20-16)17(26)23-22-13/h3-5,7,9,20H,1-2,6,8H2,(H,21,27)(H,23,26). The first-order valence-corrected chi connectivity index (χ1v) is 8.48. The molecule has 27 heavy (non-hydrogen) atoms. The van der Waals surface area contributed by atoms with Crippen molar-refractivity contribution in [3.05, 3.63) is 84.3 Å². The Morgan fingerprint density at radius 1 is 1.19 bits per heavy atom. The topological polar surface area (TPSA) is 113 Å². The molecule has 1 aliphatic rings. The molecular weight excluding hydrogens is 353 g/mol. The van der Waals surface area contributed by atoms with E-state index in [0.29, 0.717) is 35.3 Å². The first kappa shape index (κ1) is 17.0. The highest BCUT2D eigenvalue weighted by molar-refractivity contribution is 5.56. The van der Waals surface area contributed by atoms with Crippen molar-refractivity contribution in [1.82, 2.24) is 19.7 Å². The third-order valence-electron chi connectivity index (χ3n) is 4.54. The van der Waals surface area contributed by atoms with Gasteiger partial charge in [0.1, 0.15) is 5.82 Å². The van der Waals surface area contributed by atoms with E-state index in [-0.39, 0.29) is 11.2 Å². The van der Waals surface area contributed by atoms with E-state index in [2.05, 4.69) is 20.5 Å². The highest BCUT2D eigenvalue weighted by Gasteiger charge is 2.18. The van der Waals surface area contributed by atoms with Gasteiger partial charge >= 0.3 is 5.69 Å². The number of halogens is 1. The molecule has 0 fully saturated rings. The Balaban J connectivity index is 1.79. The molecule has 9 heteroatoms. The Bertz CT molecular complexity index is 1170. The fraction of sp³-hybridized carbons (Fsp3) is 0.222. The van der Waals surface area contributed by atoms with Gasteiger partial charge < -0.3 is 10.3 Å². The van der Waals surface area contributed by atoms with Crippen LogP contribution in [0.3, 0.4) is 0 Å². The summed E-state index contributed by atoms with van der Waals surface area (Å²) in [4.78, 5) is 38.3. The molecule has 0 radical (unpaired) electrons. The average molecular weight is 369 g/mol. The lowest BCUT2D eigenvalue weighted by Gasteiger charge is -2.19. The molecule has 0 saturated carbocycles. The van der Waals surface area contributed by atoms with Crippen molar-refractivity contribution in [2.24, 2.45) is 0 Å². The van der Waals surface area contributed by atoms with Crippen molar-refractivity contribution in [3.8, 4) is 5.69 Å². The lowest BCUT2D eigenvalue weighted by atomic mass is 10.0. The summed E-state index contributed by atoms with van der Waals surface area (Å²) in [6.07, 6.45) is 3.04. The monoisotopic (exact) mass is 369 g/mol. The minimum atomic E-state index is -0.722. The third kappa shape index (κ3) is 3.07. The van der Waals surface area contributed by atoms with Gasteiger partial charge in [0.2, 0.25) is 0 Å². The highest BCUT2D eigenvalue weighted by atomic mass is 19.1. The maximum atomic E-state index is 14.3. The lowest BCUT2D eigenvalue weighted by Crippen LogP contribution is -2.33. The number of benzene rings is 1. The van der Waals surface area contributed by atoms with Crippen LogP contribution in [0.15, 0.2) is 44.8 Å². The van der Waals surface area contributed by atoms with Gasteiger partial charge in [0.05, 0.1) is 17.1 Å². The molecule has 4 rings (SSSR count). The van der Waals surface area contributed by atoms with Gasteiger partial charge in [0.25, 0.3) is 11.1 Å². The van der Waals surface area contributed by atoms with E-state index >= 15 is 0 Å². The van der Waals surface area contributed by atoms with E-state index in [1.165, 1.54) is 18.3 Å². The van der Waals surface area contributed by atoms with Crippen LogP contribution in [0.4, 0.5) is 10.1 Å². The summed E-state index contributed by atoms with van der Waals surface area (Å²) in [5.74, 6) is -0.688. The largest absolute Gasteiger partial charge is 0.383 e. The highest BCUT2D eigenvalue weighted by Crippen LogP contribution is 2.24. The molecule has 0 amide bonds. The zero-order valence-electron chi connectivity index (χ0n) is 14.2. The van der Waals surface area contributed by atoms with Gasteiger partial charge in [-0.25, -0.2) is 18.9 Å². The van der Waals surface area contributed by atoms with E-state index in [4.69, 9.17) is 0 Å². The molecule has 0 bridgehead atoms. The number of rotatable bonds is 3. The minimum absolute atomic E-state index is 0.134. The van der Waals surface area contributed by atoms with E-state index in [0.717, 1.165) is 23.6 Å². The maximum Gasteiger partial charge on any atom is 0.333 e. The smallest absolute Gasteiger partial charge is 0.333 e. The van der Waals surface area contributed by atoms with E-state index in [9.17, 15) is 18.8 Å². The van der Waals surface area contributed by atoms with E-state index in [1.54, 1.807) is 6.07 Å². The predicted molar refractivity (Wildman–Crippen MR) is 97.1 cm³/mol. The molecule has 3 heterocycles. The zero-order chi connectivity index (χ0) is 19.0. The van der Waals surface area contributed by atoms with Crippen LogP contribution in [0.5, 0.6) is 0 Å². The number of hydrogen-bond donors (Lipinski definition) is 3. The number of hydrogen-bond acceptors (Lipinski definition) is 5. The lowest BCUT2D eigenvalue weighted by molar-refractivity contribution is 0.611. The summed E-state index contributed by atoms with van der Waals surface area (Å²) in [5.41, 5.74) is 0.922. The Morgan fingerprint density at radius 3 is 2.85 bits per heavy atom. The van der Waals surface area contributed by atoms with Crippen LogP contribution >= 0.6 is 0 Å². The molecule has 2 aromatic heterocycles. The van der Waals surface area contributed by atoms with Crippen molar-refractivity contribution in [2.45, 2.75) is 19.3 Å². The molecule has 0 spiro atoms. The van der Waals surface area contributed by atoms with Gasteiger partial charge in [0.15, 0.2) is 0 Å². The third-order valence-corrected chi connectivity index (χ3v) is 4.54. The summed E-state index contributed by atoms with van der Waals surface area (Å²) in [6.45, 7) is 0.745. The number of fused-ring (bicyclic) bond motifs is 1. The quantitative estimate of drug-likeness (QED) is 0.629. The summed E-state index contributed by atoms with van der Waals surface area (Å²) < 4.78 is 15.0. The molecule has 3 N–H and O–H groups in total. The van der Waals surface area contributed by atoms with Crippen molar-refractivity contribution < 1.29 is 4.39 Å². The second-order valence-electron chi connectivity index (χ2n) is 6.30. The molecule has 0 atom stereocenters. The Hall–Kier alpha value is -3.49. The van der Waals surface area contributed by atoms with Crippen LogP contribution in [-0.2, 0) is 12.8 Å². The van der Waals surface area contributed by atoms with E-state index in [1.807, 2.05) is 0 Å². The summed E-state index contributed by atoms with van der Waals surface area (Å²) in [5, 5.41) is 9.81. The van der Waals surface area contributed by atoms with Crippen LogP contribution in [0.25, 0.3) is 5.69 Å². The van der Waals surface area contributed by atoms with Crippen molar-refractivity contribution >= 4 is 5.69 Å². The van der Waals surface area contributed by atoms with Gasteiger partial charge in [-0.15, -0.1) is 0 Å². The first-order valence-electron chi connectivity index (χ1n) is 8.48.